The maximum Gasteiger partial charge on any atom is 0.306 e. The molecule has 0 aromatic heterocycles. The molecule has 10 heavy (non-hydrogen) atoms. The third kappa shape index (κ3) is 5.60. The zero-order chi connectivity index (χ0) is 7.98. The summed E-state index contributed by atoms with van der Waals surface area (Å²) in [5, 5.41) is 0. The van der Waals surface area contributed by atoms with Crippen molar-refractivity contribution in [3.8, 4) is 0 Å². The molecule has 2 nitrogen and oxygen atoms in total. The highest BCUT2D eigenvalue weighted by atomic mass is 16.5. The van der Waals surface area contributed by atoms with Crippen LogP contribution >= 0.6 is 0 Å². The molecule has 0 spiro atoms. The van der Waals surface area contributed by atoms with Gasteiger partial charge in [-0.3, -0.25) is 4.79 Å². The van der Waals surface area contributed by atoms with Gasteiger partial charge in [-0.25, -0.2) is 0 Å². The normalized spacial score (nSPS) is 10.0. The Labute approximate surface area is 62.6 Å². The van der Waals surface area contributed by atoms with Gasteiger partial charge in [0.05, 0.1) is 6.61 Å². The van der Waals surface area contributed by atoms with Gasteiger partial charge in [0.15, 0.2) is 0 Å². The van der Waals surface area contributed by atoms with Crippen LogP contribution in [0.4, 0.5) is 0 Å². The SMILES string of the molecule is C[CH]COC(=O)CC(C)C. The van der Waals surface area contributed by atoms with Crippen LogP contribution in [0.3, 0.4) is 0 Å². The van der Waals surface area contributed by atoms with Crippen molar-refractivity contribution in [3.63, 3.8) is 0 Å². The Kier molecular flexibility index (Phi) is 4.99. The first-order valence-corrected chi connectivity index (χ1v) is 3.60. The lowest BCUT2D eigenvalue weighted by molar-refractivity contribution is -0.143. The lowest BCUT2D eigenvalue weighted by Gasteiger charge is -2.03. The zero-order valence-electron chi connectivity index (χ0n) is 6.89. The highest BCUT2D eigenvalue weighted by Gasteiger charge is 2.03. The van der Waals surface area contributed by atoms with E-state index in [-0.39, 0.29) is 5.97 Å². The quantitative estimate of drug-likeness (QED) is 0.561. The number of rotatable bonds is 4. The van der Waals surface area contributed by atoms with E-state index in [0.29, 0.717) is 18.9 Å². The largest absolute Gasteiger partial charge is 0.465 e. The second kappa shape index (κ2) is 5.27. The molecule has 0 unspecified atom stereocenters. The third-order valence-electron chi connectivity index (χ3n) is 0.986. The maximum absolute atomic E-state index is 10.8. The van der Waals surface area contributed by atoms with Gasteiger partial charge in [0.2, 0.25) is 0 Å². The molecule has 0 aliphatic heterocycles. The molecular formula is C8H15O2. The highest BCUT2D eigenvalue weighted by molar-refractivity contribution is 5.69. The number of carbonyl (C=O) groups excluding carboxylic acids is 1. The summed E-state index contributed by atoms with van der Waals surface area (Å²) in [5.41, 5.74) is 0. The molecule has 0 amide bonds. The lowest BCUT2D eigenvalue weighted by atomic mass is 10.1. The molecule has 0 heterocycles. The smallest absolute Gasteiger partial charge is 0.306 e. The van der Waals surface area contributed by atoms with Crippen molar-refractivity contribution in [1.29, 1.82) is 0 Å². The second-order valence-corrected chi connectivity index (χ2v) is 2.69. The molecule has 2 heteroatoms. The van der Waals surface area contributed by atoms with Crippen LogP contribution in [-0.4, -0.2) is 12.6 Å². The fourth-order valence-corrected chi connectivity index (χ4v) is 0.569. The molecule has 59 valence electrons. The molecule has 1 radical (unpaired) electrons. The van der Waals surface area contributed by atoms with E-state index in [9.17, 15) is 4.79 Å². The molecule has 0 saturated heterocycles. The topological polar surface area (TPSA) is 26.3 Å². The van der Waals surface area contributed by atoms with Crippen LogP contribution in [-0.2, 0) is 9.53 Å². The molecule has 0 fully saturated rings. The standard InChI is InChI=1S/C8H15O2/c1-4-5-10-8(9)6-7(2)3/h4,7H,5-6H2,1-3H3. The number of ether oxygens (including phenoxy) is 1. The Bertz CT molecular complexity index is 97.4. The summed E-state index contributed by atoms with van der Waals surface area (Å²) in [4.78, 5) is 10.8. The Morgan fingerprint density at radius 2 is 2.20 bits per heavy atom. The van der Waals surface area contributed by atoms with Crippen LogP contribution in [0.25, 0.3) is 0 Å². The molecular weight excluding hydrogens is 128 g/mol. The van der Waals surface area contributed by atoms with Crippen molar-refractivity contribution in [2.24, 2.45) is 5.92 Å². The molecule has 0 N–H and O–H groups in total. The number of esters is 1. The first-order valence-electron chi connectivity index (χ1n) is 3.60. The van der Waals surface area contributed by atoms with Gasteiger partial charge in [-0.1, -0.05) is 20.8 Å². The van der Waals surface area contributed by atoms with Gasteiger partial charge in [-0.2, -0.15) is 0 Å². The minimum Gasteiger partial charge on any atom is -0.465 e. The minimum atomic E-state index is -0.104. The average Bonchev–Trinajstić information content (AvgIpc) is 1.82. The summed E-state index contributed by atoms with van der Waals surface area (Å²) < 4.78 is 4.81. The summed E-state index contributed by atoms with van der Waals surface area (Å²) in [5.74, 6) is 0.289. The van der Waals surface area contributed by atoms with E-state index in [4.69, 9.17) is 4.74 Å². The molecule has 0 rings (SSSR count). The van der Waals surface area contributed by atoms with Gasteiger partial charge in [0, 0.05) is 6.42 Å². The van der Waals surface area contributed by atoms with Crippen LogP contribution < -0.4 is 0 Å². The molecule has 0 aromatic carbocycles. The van der Waals surface area contributed by atoms with Crippen molar-refractivity contribution >= 4 is 5.97 Å². The molecule has 0 bridgehead atoms. The fraction of sp³-hybridized carbons (Fsp3) is 0.750. The Balaban J connectivity index is 3.26. The van der Waals surface area contributed by atoms with Crippen molar-refractivity contribution in [3.05, 3.63) is 6.42 Å². The number of hydrogen-bond acceptors (Lipinski definition) is 2. The summed E-state index contributed by atoms with van der Waals surface area (Å²) in [6.45, 7) is 6.29. The van der Waals surface area contributed by atoms with Gasteiger partial charge in [-0.05, 0) is 12.3 Å². The van der Waals surface area contributed by atoms with Crippen LogP contribution in [0.5, 0.6) is 0 Å². The van der Waals surface area contributed by atoms with Gasteiger partial charge < -0.3 is 4.74 Å². The summed E-state index contributed by atoms with van der Waals surface area (Å²) >= 11 is 0. The maximum atomic E-state index is 10.8. The van der Waals surface area contributed by atoms with Crippen LogP contribution in [0.15, 0.2) is 0 Å². The zero-order valence-corrected chi connectivity index (χ0v) is 6.89. The van der Waals surface area contributed by atoms with Gasteiger partial charge in [0.1, 0.15) is 0 Å². The first-order chi connectivity index (χ1) is 4.66. The number of carbonyl (C=O) groups is 1. The van der Waals surface area contributed by atoms with Crippen molar-refractivity contribution in [1.82, 2.24) is 0 Å². The molecule has 0 atom stereocenters. The molecule has 0 aliphatic rings. The Hall–Kier alpha value is -0.530. The molecule has 0 aromatic rings. The first kappa shape index (κ1) is 9.47. The molecule has 0 saturated carbocycles. The van der Waals surface area contributed by atoms with Crippen molar-refractivity contribution < 1.29 is 9.53 Å². The van der Waals surface area contributed by atoms with Gasteiger partial charge >= 0.3 is 5.97 Å². The third-order valence-corrected chi connectivity index (χ3v) is 0.986. The van der Waals surface area contributed by atoms with E-state index in [1.165, 1.54) is 0 Å². The Morgan fingerprint density at radius 3 is 2.60 bits per heavy atom. The van der Waals surface area contributed by atoms with E-state index >= 15 is 0 Å². The van der Waals surface area contributed by atoms with Gasteiger partial charge in [0.25, 0.3) is 0 Å². The van der Waals surface area contributed by atoms with E-state index in [0.717, 1.165) is 0 Å². The molecule has 0 aliphatic carbocycles. The minimum absolute atomic E-state index is 0.104. The summed E-state index contributed by atoms with van der Waals surface area (Å²) in [6.07, 6.45) is 2.34. The fourth-order valence-electron chi connectivity index (χ4n) is 0.569. The van der Waals surface area contributed by atoms with E-state index in [2.05, 4.69) is 0 Å². The van der Waals surface area contributed by atoms with Crippen molar-refractivity contribution in [2.75, 3.05) is 6.61 Å². The van der Waals surface area contributed by atoms with E-state index < -0.39 is 0 Å². The second-order valence-electron chi connectivity index (χ2n) is 2.69. The highest BCUT2D eigenvalue weighted by Crippen LogP contribution is 2.00. The number of hydrogen-bond donors (Lipinski definition) is 0. The van der Waals surface area contributed by atoms with Crippen molar-refractivity contribution in [2.45, 2.75) is 27.2 Å². The van der Waals surface area contributed by atoms with Crippen LogP contribution in [0.2, 0.25) is 0 Å². The summed E-state index contributed by atoms with van der Waals surface area (Å²) in [7, 11) is 0. The Morgan fingerprint density at radius 1 is 1.60 bits per heavy atom. The van der Waals surface area contributed by atoms with Crippen LogP contribution in [0.1, 0.15) is 27.2 Å². The van der Waals surface area contributed by atoms with E-state index in [1.54, 1.807) is 0 Å². The van der Waals surface area contributed by atoms with E-state index in [1.807, 2.05) is 27.2 Å². The van der Waals surface area contributed by atoms with Gasteiger partial charge in [-0.15, -0.1) is 0 Å². The predicted molar refractivity (Wildman–Crippen MR) is 40.4 cm³/mol. The monoisotopic (exact) mass is 143 g/mol. The van der Waals surface area contributed by atoms with Crippen LogP contribution in [0, 0.1) is 12.3 Å². The lowest BCUT2D eigenvalue weighted by Crippen LogP contribution is -2.08. The predicted octanol–water partition coefficient (Wildman–Crippen LogP) is 1.80. The average molecular weight is 143 g/mol. The summed E-state index contributed by atoms with van der Waals surface area (Å²) in [6, 6.07) is 0.